The summed E-state index contributed by atoms with van der Waals surface area (Å²) in [7, 11) is 0. The second-order valence-electron chi connectivity index (χ2n) is 4.67. The highest BCUT2D eigenvalue weighted by Crippen LogP contribution is 2.27. The summed E-state index contributed by atoms with van der Waals surface area (Å²) in [5.41, 5.74) is 1.64. The lowest BCUT2D eigenvalue weighted by atomic mass is 10.1. The van der Waals surface area contributed by atoms with Gasteiger partial charge in [-0.15, -0.1) is 0 Å². The first-order valence-corrected chi connectivity index (χ1v) is 7.89. The number of aliphatic hydroxyl groups excluding tert-OH is 1. The molecule has 0 amide bonds. The molecule has 0 saturated carbocycles. The Hall–Kier alpha value is -1.33. The number of thiazole rings is 1. The molecule has 0 aliphatic heterocycles. The number of benzene rings is 2. The second-order valence-corrected chi connectivity index (χ2v) is 6.52. The fraction of sp³-hybridized carbons (Fsp3) is 0.133. The number of rotatable bonds is 3. The molecule has 0 unspecified atom stereocenters. The van der Waals surface area contributed by atoms with Crippen molar-refractivity contribution < 1.29 is 5.11 Å². The van der Waals surface area contributed by atoms with Crippen molar-refractivity contribution >= 4 is 44.8 Å². The van der Waals surface area contributed by atoms with E-state index >= 15 is 0 Å². The van der Waals surface area contributed by atoms with Gasteiger partial charge in [-0.05, 0) is 29.8 Å². The molecule has 0 spiro atoms. The molecule has 2 aromatic carbocycles. The fourth-order valence-electron chi connectivity index (χ4n) is 2.21. The monoisotopic (exact) mass is 338 g/mol. The normalized spacial score (nSPS) is 12.7. The van der Waals surface area contributed by atoms with E-state index in [-0.39, 0.29) is 0 Å². The van der Waals surface area contributed by atoms with Gasteiger partial charge in [0.25, 0.3) is 0 Å². The minimum atomic E-state index is -0.744. The van der Waals surface area contributed by atoms with Crippen LogP contribution in [0.2, 0.25) is 10.0 Å². The van der Waals surface area contributed by atoms with Crippen LogP contribution in [-0.2, 0) is 6.54 Å². The smallest absolute Gasteiger partial charge is 0.183 e. The third-order valence-corrected chi connectivity index (χ3v) is 5.01. The van der Waals surface area contributed by atoms with Gasteiger partial charge < -0.3 is 9.67 Å². The lowest BCUT2D eigenvalue weighted by Gasteiger charge is -2.13. The van der Waals surface area contributed by atoms with Crippen molar-refractivity contribution in [3.8, 4) is 0 Å². The molecule has 3 nitrogen and oxygen atoms in total. The van der Waals surface area contributed by atoms with Gasteiger partial charge in [0.15, 0.2) is 4.80 Å². The summed E-state index contributed by atoms with van der Waals surface area (Å²) in [6, 6.07) is 12.9. The van der Waals surface area contributed by atoms with E-state index in [1.807, 2.05) is 24.3 Å². The summed E-state index contributed by atoms with van der Waals surface area (Å²) in [6.45, 7) is 0.306. The van der Waals surface area contributed by atoms with Crippen molar-refractivity contribution in [2.75, 3.05) is 0 Å². The first-order chi connectivity index (χ1) is 10.1. The Bertz CT molecular complexity index is 856. The van der Waals surface area contributed by atoms with Crippen LogP contribution < -0.4 is 4.80 Å². The molecule has 1 heterocycles. The van der Waals surface area contributed by atoms with E-state index in [0.29, 0.717) is 27.0 Å². The van der Waals surface area contributed by atoms with Gasteiger partial charge in [0.05, 0.1) is 32.9 Å². The Balaban J connectivity index is 1.96. The van der Waals surface area contributed by atoms with E-state index in [0.717, 1.165) is 10.2 Å². The Labute approximate surface area is 135 Å². The van der Waals surface area contributed by atoms with Crippen molar-refractivity contribution in [2.24, 2.45) is 0 Å². The minimum Gasteiger partial charge on any atom is -0.387 e. The number of para-hydroxylation sites is 1. The molecule has 2 N–H and O–H groups in total. The van der Waals surface area contributed by atoms with Crippen molar-refractivity contribution in [3.63, 3.8) is 0 Å². The topological polar surface area (TPSA) is 49.0 Å². The Morgan fingerprint density at radius 1 is 1.14 bits per heavy atom. The Morgan fingerprint density at radius 2 is 1.90 bits per heavy atom. The van der Waals surface area contributed by atoms with Crippen molar-refractivity contribution in [1.29, 1.82) is 5.41 Å². The number of nitrogens with zero attached hydrogens (tertiary/aromatic N) is 1. The SMILES string of the molecule is N=c1sc2ccccc2n1C[C@H](O)c1ccc(Cl)c(Cl)c1. The highest BCUT2D eigenvalue weighted by atomic mass is 35.5. The van der Waals surface area contributed by atoms with Gasteiger partial charge in [-0.2, -0.15) is 0 Å². The van der Waals surface area contributed by atoms with Crippen LogP contribution in [-0.4, -0.2) is 9.67 Å². The molecule has 0 saturated heterocycles. The summed E-state index contributed by atoms with van der Waals surface area (Å²) in [5.74, 6) is 0. The molecule has 0 radical (unpaired) electrons. The average Bonchev–Trinajstić information content (AvgIpc) is 2.78. The third-order valence-electron chi connectivity index (χ3n) is 3.29. The van der Waals surface area contributed by atoms with Crippen molar-refractivity contribution in [2.45, 2.75) is 12.6 Å². The summed E-state index contributed by atoms with van der Waals surface area (Å²) in [6.07, 6.45) is -0.744. The van der Waals surface area contributed by atoms with Crippen LogP contribution in [0, 0.1) is 5.41 Å². The lowest BCUT2D eigenvalue weighted by molar-refractivity contribution is 0.157. The molecule has 1 aromatic heterocycles. The second kappa shape index (κ2) is 5.81. The number of fused-ring (bicyclic) bond motifs is 1. The molecule has 0 aliphatic rings. The predicted molar refractivity (Wildman–Crippen MR) is 87.1 cm³/mol. The summed E-state index contributed by atoms with van der Waals surface area (Å²) in [4.78, 5) is 0.412. The number of aromatic nitrogens is 1. The zero-order valence-corrected chi connectivity index (χ0v) is 13.2. The number of aliphatic hydroxyl groups is 1. The van der Waals surface area contributed by atoms with E-state index in [9.17, 15) is 5.11 Å². The molecule has 21 heavy (non-hydrogen) atoms. The average molecular weight is 339 g/mol. The summed E-state index contributed by atoms with van der Waals surface area (Å²) < 4.78 is 2.83. The van der Waals surface area contributed by atoms with E-state index in [4.69, 9.17) is 28.6 Å². The summed E-state index contributed by atoms with van der Waals surface area (Å²) >= 11 is 13.3. The van der Waals surface area contributed by atoms with E-state index in [1.165, 1.54) is 11.3 Å². The number of hydrogen-bond donors (Lipinski definition) is 2. The number of nitrogens with one attached hydrogen (secondary N) is 1. The highest BCUT2D eigenvalue weighted by Gasteiger charge is 2.13. The van der Waals surface area contributed by atoms with Crippen LogP contribution in [0.1, 0.15) is 11.7 Å². The molecule has 6 heteroatoms. The fourth-order valence-corrected chi connectivity index (χ4v) is 3.44. The van der Waals surface area contributed by atoms with Gasteiger partial charge in [0, 0.05) is 0 Å². The van der Waals surface area contributed by atoms with Crippen molar-refractivity contribution in [3.05, 3.63) is 62.9 Å². The molecule has 1 atom stereocenters. The summed E-state index contributed by atoms with van der Waals surface area (Å²) in [5, 5.41) is 19.3. The zero-order chi connectivity index (χ0) is 15.0. The van der Waals surface area contributed by atoms with E-state index in [2.05, 4.69) is 0 Å². The highest BCUT2D eigenvalue weighted by molar-refractivity contribution is 7.16. The quantitative estimate of drug-likeness (QED) is 0.737. The lowest BCUT2D eigenvalue weighted by Crippen LogP contribution is -2.18. The standard InChI is InChI=1S/C15H12Cl2N2OS/c16-10-6-5-9(7-11(10)17)13(20)8-19-12-3-1-2-4-14(12)21-15(19)18/h1-7,13,18,20H,8H2/t13-/m0/s1. The van der Waals surface area contributed by atoms with Gasteiger partial charge in [0.1, 0.15) is 0 Å². The van der Waals surface area contributed by atoms with Crippen LogP contribution in [0.4, 0.5) is 0 Å². The van der Waals surface area contributed by atoms with Gasteiger partial charge in [-0.25, -0.2) is 0 Å². The Kier molecular flexibility index (Phi) is 4.04. The predicted octanol–water partition coefficient (Wildman–Crippen LogP) is 4.22. The van der Waals surface area contributed by atoms with E-state index < -0.39 is 6.10 Å². The van der Waals surface area contributed by atoms with Crippen LogP contribution in [0.5, 0.6) is 0 Å². The molecule has 3 rings (SSSR count). The van der Waals surface area contributed by atoms with E-state index in [1.54, 1.807) is 22.8 Å². The van der Waals surface area contributed by atoms with Gasteiger partial charge in [-0.1, -0.05) is 52.7 Å². The maximum atomic E-state index is 10.4. The largest absolute Gasteiger partial charge is 0.387 e. The van der Waals surface area contributed by atoms with Crippen molar-refractivity contribution in [1.82, 2.24) is 4.57 Å². The molecular weight excluding hydrogens is 327 g/mol. The maximum Gasteiger partial charge on any atom is 0.183 e. The van der Waals surface area contributed by atoms with Gasteiger partial charge in [-0.3, -0.25) is 5.41 Å². The van der Waals surface area contributed by atoms with Crippen LogP contribution in [0.3, 0.4) is 0 Å². The first-order valence-electron chi connectivity index (χ1n) is 6.32. The molecular formula is C15H12Cl2N2OS. The molecule has 0 fully saturated rings. The van der Waals surface area contributed by atoms with Crippen LogP contribution >= 0.6 is 34.5 Å². The molecule has 0 aliphatic carbocycles. The third kappa shape index (κ3) is 2.85. The number of halogens is 2. The van der Waals surface area contributed by atoms with Gasteiger partial charge in [0.2, 0.25) is 0 Å². The van der Waals surface area contributed by atoms with Crippen LogP contribution in [0.25, 0.3) is 10.2 Å². The zero-order valence-electron chi connectivity index (χ0n) is 10.9. The number of hydrogen-bond acceptors (Lipinski definition) is 3. The van der Waals surface area contributed by atoms with Crippen LogP contribution in [0.15, 0.2) is 42.5 Å². The molecule has 3 aromatic rings. The maximum absolute atomic E-state index is 10.4. The first kappa shape index (κ1) is 14.6. The minimum absolute atomic E-state index is 0.306. The Morgan fingerprint density at radius 3 is 2.67 bits per heavy atom. The molecule has 108 valence electrons. The van der Waals surface area contributed by atoms with Gasteiger partial charge >= 0.3 is 0 Å². The molecule has 0 bridgehead atoms.